The Bertz CT molecular complexity index is 468. The van der Waals surface area contributed by atoms with Gasteiger partial charge < -0.3 is 10.6 Å². The lowest BCUT2D eigenvalue weighted by Gasteiger charge is -2.12. The third kappa shape index (κ3) is 6.33. The van der Waals surface area contributed by atoms with Crippen molar-refractivity contribution in [3.63, 3.8) is 0 Å². The Hall–Kier alpha value is -1.31. The zero-order valence-corrected chi connectivity index (χ0v) is 13.2. The van der Waals surface area contributed by atoms with Crippen LogP contribution in [0, 0.1) is 12.8 Å². The van der Waals surface area contributed by atoms with Gasteiger partial charge in [-0.05, 0) is 37.5 Å². The molecule has 0 amide bonds. The van der Waals surface area contributed by atoms with Crippen molar-refractivity contribution in [1.29, 1.82) is 0 Å². The maximum absolute atomic E-state index is 12.5. The zero-order valence-electron chi connectivity index (χ0n) is 12.4. The molecule has 0 atom stereocenters. The van der Waals surface area contributed by atoms with E-state index in [2.05, 4.69) is 29.6 Å². The predicted molar refractivity (Wildman–Crippen MR) is 80.0 cm³/mol. The van der Waals surface area contributed by atoms with Gasteiger partial charge in [0.05, 0.1) is 0 Å². The summed E-state index contributed by atoms with van der Waals surface area (Å²) in [5.41, 5.74) is -0.343. The zero-order chi connectivity index (χ0) is 16.0. The summed E-state index contributed by atoms with van der Waals surface area (Å²) in [5, 5.41) is 10.2. The molecule has 120 valence electrons. The Kier molecular flexibility index (Phi) is 6.44. The van der Waals surface area contributed by atoms with E-state index in [0.29, 0.717) is 36.2 Å². The fraction of sp³-hybridized carbons (Fsp3) is 0.692. The van der Waals surface area contributed by atoms with E-state index in [4.69, 9.17) is 12.2 Å². The molecule has 0 radical (unpaired) electrons. The van der Waals surface area contributed by atoms with Crippen LogP contribution >= 0.6 is 12.2 Å². The predicted octanol–water partition coefficient (Wildman–Crippen LogP) is 2.72. The summed E-state index contributed by atoms with van der Waals surface area (Å²) < 4.78 is 38.9. The van der Waals surface area contributed by atoms with Gasteiger partial charge in [0, 0.05) is 25.3 Å². The van der Waals surface area contributed by atoms with Crippen LogP contribution in [0.25, 0.3) is 0 Å². The van der Waals surface area contributed by atoms with Crippen LogP contribution in [0.2, 0.25) is 0 Å². The van der Waals surface area contributed by atoms with Crippen molar-refractivity contribution in [3.8, 4) is 0 Å². The molecule has 0 saturated carbocycles. The topological polar surface area (TPSA) is 41.9 Å². The molecule has 2 N–H and O–H groups in total. The number of alkyl halides is 3. The Morgan fingerprint density at radius 2 is 2.05 bits per heavy atom. The first-order chi connectivity index (χ1) is 9.70. The number of aromatic nitrogens is 2. The fourth-order valence-electron chi connectivity index (χ4n) is 1.67. The van der Waals surface area contributed by atoms with Crippen molar-refractivity contribution in [3.05, 3.63) is 17.5 Å². The highest BCUT2D eigenvalue weighted by molar-refractivity contribution is 7.80. The smallest absolute Gasteiger partial charge is 0.363 e. The number of halogens is 3. The highest BCUT2D eigenvalue weighted by Crippen LogP contribution is 2.28. The first-order valence-corrected chi connectivity index (χ1v) is 7.24. The molecular weight excluding hydrogens is 301 g/mol. The summed E-state index contributed by atoms with van der Waals surface area (Å²) in [7, 11) is 0. The van der Waals surface area contributed by atoms with E-state index < -0.39 is 11.9 Å². The summed E-state index contributed by atoms with van der Waals surface area (Å²) in [5.74, 6) is 0.497. The van der Waals surface area contributed by atoms with Crippen LogP contribution in [0.15, 0.2) is 6.07 Å². The van der Waals surface area contributed by atoms with Crippen LogP contribution in [0.5, 0.6) is 0 Å². The van der Waals surface area contributed by atoms with Gasteiger partial charge in [-0.2, -0.15) is 18.3 Å². The average Bonchev–Trinajstić information content (AvgIpc) is 2.73. The summed E-state index contributed by atoms with van der Waals surface area (Å²) >= 11 is 5.09. The molecular formula is C13H21F3N4S. The summed E-state index contributed by atoms with van der Waals surface area (Å²) in [6.45, 7) is 7.57. The Morgan fingerprint density at radius 3 is 2.57 bits per heavy atom. The minimum Gasteiger partial charge on any atom is -0.363 e. The van der Waals surface area contributed by atoms with Crippen LogP contribution in [0.3, 0.4) is 0 Å². The molecule has 0 bridgehead atoms. The Balaban J connectivity index is 2.33. The molecule has 8 heteroatoms. The SMILES string of the molecule is Cc1cc(C(F)(F)F)nn1CCCNC(=S)NCC(C)C. The van der Waals surface area contributed by atoms with Crippen LogP contribution in [-0.2, 0) is 12.7 Å². The second-order valence-electron chi connectivity index (χ2n) is 5.28. The molecule has 1 aromatic heterocycles. The highest BCUT2D eigenvalue weighted by atomic mass is 32.1. The molecule has 0 aliphatic rings. The van der Waals surface area contributed by atoms with Crippen molar-refractivity contribution in [2.45, 2.75) is 39.9 Å². The van der Waals surface area contributed by atoms with Crippen LogP contribution in [0.4, 0.5) is 13.2 Å². The van der Waals surface area contributed by atoms with Gasteiger partial charge >= 0.3 is 6.18 Å². The summed E-state index contributed by atoms with van der Waals surface area (Å²) in [6, 6.07) is 1.06. The van der Waals surface area contributed by atoms with Gasteiger partial charge in [-0.25, -0.2) is 0 Å². The lowest BCUT2D eigenvalue weighted by atomic mass is 10.2. The average molecular weight is 322 g/mol. The minimum atomic E-state index is -4.39. The van der Waals surface area contributed by atoms with Gasteiger partial charge in [-0.3, -0.25) is 4.68 Å². The number of hydrogen-bond donors (Lipinski definition) is 2. The number of nitrogens with zero attached hydrogens (tertiary/aromatic N) is 2. The number of thiocarbonyl (C=S) groups is 1. The van der Waals surface area contributed by atoms with Gasteiger partial charge in [0.15, 0.2) is 10.8 Å². The third-order valence-electron chi connectivity index (χ3n) is 2.77. The molecule has 1 rings (SSSR count). The standard InChI is InChI=1S/C13H21F3N4S/c1-9(2)8-18-12(21)17-5-4-6-20-10(3)7-11(19-20)13(14,15)16/h7,9H,4-6,8H2,1-3H3,(H2,17,18,21). The monoisotopic (exact) mass is 322 g/mol. The van der Waals surface area contributed by atoms with E-state index in [1.165, 1.54) is 4.68 Å². The van der Waals surface area contributed by atoms with E-state index in [9.17, 15) is 13.2 Å². The van der Waals surface area contributed by atoms with Gasteiger partial charge in [0.25, 0.3) is 0 Å². The van der Waals surface area contributed by atoms with Gasteiger partial charge in [-0.1, -0.05) is 13.8 Å². The molecule has 1 heterocycles. The Morgan fingerprint density at radius 1 is 1.38 bits per heavy atom. The lowest BCUT2D eigenvalue weighted by molar-refractivity contribution is -0.141. The number of hydrogen-bond acceptors (Lipinski definition) is 2. The van der Waals surface area contributed by atoms with Crippen LogP contribution in [0.1, 0.15) is 31.7 Å². The van der Waals surface area contributed by atoms with Crippen molar-refractivity contribution >= 4 is 17.3 Å². The molecule has 0 aliphatic heterocycles. The molecule has 0 saturated heterocycles. The van der Waals surface area contributed by atoms with Crippen molar-refractivity contribution < 1.29 is 13.2 Å². The van der Waals surface area contributed by atoms with E-state index in [1.807, 2.05) is 0 Å². The quantitative estimate of drug-likeness (QED) is 0.624. The lowest BCUT2D eigenvalue weighted by Crippen LogP contribution is -2.37. The number of rotatable bonds is 6. The van der Waals surface area contributed by atoms with Gasteiger partial charge in [0.1, 0.15) is 0 Å². The largest absolute Gasteiger partial charge is 0.435 e. The molecule has 0 fully saturated rings. The first kappa shape index (κ1) is 17.7. The second-order valence-corrected chi connectivity index (χ2v) is 5.68. The van der Waals surface area contributed by atoms with Crippen LogP contribution in [-0.4, -0.2) is 28.0 Å². The van der Waals surface area contributed by atoms with E-state index in [1.54, 1.807) is 6.92 Å². The maximum atomic E-state index is 12.5. The molecule has 1 aromatic rings. The summed E-state index contributed by atoms with van der Waals surface area (Å²) in [4.78, 5) is 0. The number of nitrogens with one attached hydrogen (secondary N) is 2. The third-order valence-corrected chi connectivity index (χ3v) is 3.06. The molecule has 21 heavy (non-hydrogen) atoms. The minimum absolute atomic E-state index is 0.418. The fourth-order valence-corrected chi connectivity index (χ4v) is 1.85. The van der Waals surface area contributed by atoms with Crippen molar-refractivity contribution in [2.24, 2.45) is 5.92 Å². The van der Waals surface area contributed by atoms with Crippen molar-refractivity contribution in [1.82, 2.24) is 20.4 Å². The molecule has 0 aromatic carbocycles. The van der Waals surface area contributed by atoms with E-state index in [0.717, 1.165) is 12.6 Å². The van der Waals surface area contributed by atoms with Gasteiger partial charge in [0.2, 0.25) is 0 Å². The molecule has 0 unspecified atom stereocenters. The van der Waals surface area contributed by atoms with Gasteiger partial charge in [-0.15, -0.1) is 0 Å². The van der Waals surface area contributed by atoms with E-state index in [-0.39, 0.29) is 0 Å². The molecule has 4 nitrogen and oxygen atoms in total. The van der Waals surface area contributed by atoms with E-state index >= 15 is 0 Å². The Labute approximate surface area is 128 Å². The normalized spacial score (nSPS) is 11.8. The van der Waals surface area contributed by atoms with Crippen molar-refractivity contribution in [2.75, 3.05) is 13.1 Å². The number of aryl methyl sites for hydroxylation is 2. The van der Waals surface area contributed by atoms with Crippen LogP contribution < -0.4 is 10.6 Å². The second kappa shape index (κ2) is 7.63. The summed E-state index contributed by atoms with van der Waals surface area (Å²) in [6.07, 6.45) is -3.75. The molecule has 0 aliphatic carbocycles. The molecule has 0 spiro atoms. The maximum Gasteiger partial charge on any atom is 0.435 e. The first-order valence-electron chi connectivity index (χ1n) is 6.83. The highest BCUT2D eigenvalue weighted by Gasteiger charge is 2.34.